The molecule has 0 saturated carbocycles. The van der Waals surface area contributed by atoms with E-state index in [4.69, 9.17) is 4.74 Å². The van der Waals surface area contributed by atoms with Crippen molar-refractivity contribution in [1.82, 2.24) is 4.90 Å². The molecule has 0 unspecified atom stereocenters. The van der Waals surface area contributed by atoms with Crippen molar-refractivity contribution in [2.45, 2.75) is 45.8 Å². The molecule has 1 heterocycles. The van der Waals surface area contributed by atoms with Gasteiger partial charge in [-0.15, -0.1) is 0 Å². The summed E-state index contributed by atoms with van der Waals surface area (Å²) < 4.78 is 5.19. The molecule has 1 saturated heterocycles. The molecule has 0 bridgehead atoms. The molecule has 1 aliphatic heterocycles. The Labute approximate surface area is 102 Å². The zero-order chi connectivity index (χ0) is 13.5. The number of ether oxygens (including phenoxy) is 1. The second kappa shape index (κ2) is 4.14. The van der Waals surface area contributed by atoms with Gasteiger partial charge in [0, 0.05) is 5.41 Å². The highest BCUT2D eigenvalue weighted by Crippen LogP contribution is 2.38. The fourth-order valence-electron chi connectivity index (χ4n) is 1.62. The largest absolute Gasteiger partial charge is 0.444 e. The van der Waals surface area contributed by atoms with Crippen LogP contribution in [0.5, 0.6) is 0 Å². The Bertz CT molecular complexity index is 300. The highest BCUT2D eigenvalue weighted by molar-refractivity contribution is 5.69. The minimum absolute atomic E-state index is 0.119. The number of carbonyl (C=O) groups excluding carboxylic acids is 1. The molecule has 0 aromatic carbocycles. The molecule has 0 spiro atoms. The number of β-amino-alcohol motifs (C(OH)–C–C–N with tert-alkyl or cyclic N) is 1. The number of likely N-dealkylation sites (tertiary alicyclic amines) is 1. The lowest BCUT2D eigenvalue weighted by Gasteiger charge is -2.53. The van der Waals surface area contributed by atoms with Gasteiger partial charge in [0.2, 0.25) is 0 Å². The third-order valence-electron chi connectivity index (χ3n) is 3.21. The summed E-state index contributed by atoms with van der Waals surface area (Å²) in [5.74, 6) is 0. The first-order chi connectivity index (χ1) is 7.51. The second-order valence-corrected chi connectivity index (χ2v) is 6.41. The van der Waals surface area contributed by atoms with Crippen LogP contribution < -0.4 is 0 Å². The number of hydrogen-bond acceptors (Lipinski definition) is 4. The molecule has 0 aromatic heterocycles. The molecule has 1 fully saturated rings. The van der Waals surface area contributed by atoms with Crippen LogP contribution in [0.2, 0.25) is 0 Å². The molecule has 0 aromatic rings. The number of aliphatic hydroxyl groups excluding tert-OH is 1. The average Bonchev–Trinajstić information content (AvgIpc) is 2.09. The van der Waals surface area contributed by atoms with Gasteiger partial charge in [0.25, 0.3) is 0 Å². The lowest BCUT2D eigenvalue weighted by Crippen LogP contribution is -2.70. The zero-order valence-corrected chi connectivity index (χ0v) is 11.3. The lowest BCUT2D eigenvalue weighted by atomic mass is 9.71. The van der Waals surface area contributed by atoms with Crippen LogP contribution in [0.3, 0.4) is 0 Å². The maximum absolute atomic E-state index is 11.7. The van der Waals surface area contributed by atoms with Crippen molar-refractivity contribution in [2.75, 3.05) is 19.7 Å². The van der Waals surface area contributed by atoms with Gasteiger partial charge in [0.1, 0.15) is 11.2 Å². The van der Waals surface area contributed by atoms with Crippen molar-refractivity contribution in [3.63, 3.8) is 0 Å². The highest BCUT2D eigenvalue weighted by atomic mass is 16.6. The van der Waals surface area contributed by atoms with Gasteiger partial charge >= 0.3 is 6.09 Å². The molecule has 1 rings (SSSR count). The smallest absolute Gasteiger partial charge is 0.410 e. The summed E-state index contributed by atoms with van der Waals surface area (Å²) in [6.07, 6.45) is -0.420. The summed E-state index contributed by atoms with van der Waals surface area (Å²) >= 11 is 0. The number of rotatable bonds is 2. The third-order valence-corrected chi connectivity index (χ3v) is 3.21. The van der Waals surface area contributed by atoms with Crippen molar-refractivity contribution in [2.24, 2.45) is 5.41 Å². The van der Waals surface area contributed by atoms with E-state index in [0.717, 1.165) is 0 Å². The van der Waals surface area contributed by atoms with Gasteiger partial charge in [-0.1, -0.05) is 13.8 Å². The first-order valence-corrected chi connectivity index (χ1v) is 5.82. The summed E-state index contributed by atoms with van der Waals surface area (Å²) in [5, 5.41) is 19.5. The van der Waals surface area contributed by atoms with E-state index in [1.54, 1.807) is 34.6 Å². The van der Waals surface area contributed by atoms with Crippen molar-refractivity contribution in [1.29, 1.82) is 0 Å². The molecule has 17 heavy (non-hydrogen) atoms. The van der Waals surface area contributed by atoms with Crippen LogP contribution >= 0.6 is 0 Å². The SMILES string of the molecule is CC(C)(C)OC(=O)N1CC(O)(C(C)(C)CO)C1. The topological polar surface area (TPSA) is 70.0 Å². The van der Waals surface area contributed by atoms with E-state index in [0.29, 0.717) is 0 Å². The van der Waals surface area contributed by atoms with Gasteiger partial charge in [-0.05, 0) is 20.8 Å². The van der Waals surface area contributed by atoms with E-state index >= 15 is 0 Å². The quantitative estimate of drug-likeness (QED) is 0.761. The minimum Gasteiger partial charge on any atom is -0.444 e. The number of carbonyl (C=O) groups is 1. The summed E-state index contributed by atoms with van der Waals surface area (Å²) in [7, 11) is 0. The standard InChI is InChI=1S/C12H23NO4/c1-10(2,3)17-9(15)13-6-12(16,7-13)11(4,5)8-14/h14,16H,6-8H2,1-5H3. The van der Waals surface area contributed by atoms with Crippen LogP contribution in [-0.4, -0.2) is 52.1 Å². The second-order valence-electron chi connectivity index (χ2n) is 6.41. The van der Waals surface area contributed by atoms with Gasteiger partial charge in [0.15, 0.2) is 0 Å². The van der Waals surface area contributed by atoms with E-state index in [1.807, 2.05) is 0 Å². The van der Waals surface area contributed by atoms with Gasteiger partial charge < -0.3 is 19.8 Å². The molecule has 5 nitrogen and oxygen atoms in total. The lowest BCUT2D eigenvalue weighted by molar-refractivity contribution is -0.173. The van der Waals surface area contributed by atoms with Gasteiger partial charge in [-0.25, -0.2) is 4.79 Å². The zero-order valence-electron chi connectivity index (χ0n) is 11.3. The first kappa shape index (κ1) is 14.3. The van der Waals surface area contributed by atoms with Crippen LogP contribution in [0.25, 0.3) is 0 Å². The minimum atomic E-state index is -1.03. The van der Waals surface area contributed by atoms with E-state index in [1.165, 1.54) is 4.90 Å². The summed E-state index contributed by atoms with van der Waals surface area (Å²) in [5.41, 5.74) is -2.18. The van der Waals surface area contributed by atoms with E-state index in [-0.39, 0.29) is 19.7 Å². The summed E-state index contributed by atoms with van der Waals surface area (Å²) in [6.45, 7) is 9.24. The molecule has 0 atom stereocenters. The fraction of sp³-hybridized carbons (Fsp3) is 0.917. The molecule has 2 N–H and O–H groups in total. The Hall–Kier alpha value is -0.810. The van der Waals surface area contributed by atoms with Crippen molar-refractivity contribution in [3.05, 3.63) is 0 Å². The number of amides is 1. The van der Waals surface area contributed by atoms with E-state index < -0.39 is 22.7 Å². The van der Waals surface area contributed by atoms with Crippen LogP contribution in [0.15, 0.2) is 0 Å². The number of nitrogens with zero attached hydrogens (tertiary/aromatic N) is 1. The molecule has 0 aliphatic carbocycles. The van der Waals surface area contributed by atoms with Crippen molar-refractivity contribution < 1.29 is 19.7 Å². The molecular formula is C12H23NO4. The molecule has 100 valence electrons. The molecule has 1 amide bonds. The van der Waals surface area contributed by atoms with E-state index in [9.17, 15) is 15.0 Å². The van der Waals surface area contributed by atoms with Crippen LogP contribution in [0.1, 0.15) is 34.6 Å². The Morgan fingerprint density at radius 1 is 1.29 bits per heavy atom. The predicted molar refractivity (Wildman–Crippen MR) is 63.6 cm³/mol. The molecular weight excluding hydrogens is 222 g/mol. The Kier molecular flexibility index (Phi) is 3.47. The number of hydrogen-bond donors (Lipinski definition) is 2. The maximum Gasteiger partial charge on any atom is 0.410 e. The summed E-state index contributed by atoms with van der Waals surface area (Å²) in [4.78, 5) is 13.1. The van der Waals surface area contributed by atoms with Gasteiger partial charge in [-0.3, -0.25) is 0 Å². The average molecular weight is 245 g/mol. The monoisotopic (exact) mass is 245 g/mol. The van der Waals surface area contributed by atoms with E-state index in [2.05, 4.69) is 0 Å². The normalized spacial score (nSPS) is 19.8. The van der Waals surface area contributed by atoms with Crippen LogP contribution in [0.4, 0.5) is 4.79 Å². The van der Waals surface area contributed by atoms with Gasteiger partial charge in [-0.2, -0.15) is 0 Å². The molecule has 0 radical (unpaired) electrons. The Morgan fingerprint density at radius 3 is 2.12 bits per heavy atom. The van der Waals surface area contributed by atoms with Crippen molar-refractivity contribution >= 4 is 6.09 Å². The third kappa shape index (κ3) is 2.90. The van der Waals surface area contributed by atoms with Gasteiger partial charge in [0.05, 0.1) is 19.7 Å². The fourth-order valence-corrected chi connectivity index (χ4v) is 1.62. The molecule has 1 aliphatic rings. The number of aliphatic hydroxyl groups is 2. The maximum atomic E-state index is 11.7. The van der Waals surface area contributed by atoms with Crippen LogP contribution in [-0.2, 0) is 4.74 Å². The summed E-state index contributed by atoms with van der Waals surface area (Å²) in [6, 6.07) is 0. The first-order valence-electron chi connectivity index (χ1n) is 5.82. The predicted octanol–water partition coefficient (Wildman–Crippen LogP) is 0.987. The highest BCUT2D eigenvalue weighted by Gasteiger charge is 2.54. The van der Waals surface area contributed by atoms with Crippen LogP contribution in [0, 0.1) is 5.41 Å². The molecule has 5 heteroatoms. The Balaban J connectivity index is 2.54. The Morgan fingerprint density at radius 2 is 1.76 bits per heavy atom. The van der Waals surface area contributed by atoms with Crippen molar-refractivity contribution in [3.8, 4) is 0 Å².